The Kier molecular flexibility index (Phi) is 4.20. The van der Waals surface area contributed by atoms with Gasteiger partial charge in [0.25, 0.3) is 5.91 Å². The summed E-state index contributed by atoms with van der Waals surface area (Å²) in [5.74, 6) is 1.19. The molecule has 3 heterocycles. The molecule has 1 fully saturated rings. The van der Waals surface area contributed by atoms with Crippen LogP contribution in [-0.4, -0.2) is 26.5 Å². The molecule has 3 N–H and O–H groups in total. The topological polar surface area (TPSA) is 98.5 Å². The van der Waals surface area contributed by atoms with E-state index >= 15 is 0 Å². The molecule has 0 radical (unpaired) electrons. The molecule has 25 heavy (non-hydrogen) atoms. The number of fused-ring (bicyclic) bond motifs is 1. The third-order valence-corrected chi connectivity index (χ3v) is 4.89. The normalized spacial score (nSPS) is 15.6. The van der Waals surface area contributed by atoms with Crippen LogP contribution >= 0.6 is 15.9 Å². The van der Waals surface area contributed by atoms with Crippen LogP contribution in [0.1, 0.15) is 42.5 Å². The zero-order chi connectivity index (χ0) is 17.4. The van der Waals surface area contributed by atoms with Gasteiger partial charge in [-0.3, -0.25) is 4.79 Å². The highest BCUT2D eigenvalue weighted by molar-refractivity contribution is 9.10. The molecule has 0 spiro atoms. The van der Waals surface area contributed by atoms with Crippen LogP contribution in [0.5, 0.6) is 0 Å². The maximum atomic E-state index is 12.5. The fourth-order valence-corrected chi connectivity index (χ4v) is 3.50. The van der Waals surface area contributed by atoms with Crippen LogP contribution < -0.4 is 11.1 Å². The van der Waals surface area contributed by atoms with Crippen molar-refractivity contribution in [3.05, 3.63) is 34.5 Å². The van der Waals surface area contributed by atoms with Crippen LogP contribution in [0.15, 0.2) is 33.4 Å². The van der Waals surface area contributed by atoms with Gasteiger partial charge in [-0.25, -0.2) is 4.98 Å². The van der Waals surface area contributed by atoms with Crippen LogP contribution in [0.25, 0.3) is 17.2 Å². The van der Waals surface area contributed by atoms with E-state index in [1.165, 1.54) is 23.8 Å². The summed E-state index contributed by atoms with van der Waals surface area (Å²) in [5, 5.41) is 7.44. The number of amides is 1. The minimum atomic E-state index is -0.119. The van der Waals surface area contributed by atoms with E-state index in [0.29, 0.717) is 33.3 Å². The predicted molar refractivity (Wildman–Crippen MR) is 97.1 cm³/mol. The summed E-state index contributed by atoms with van der Waals surface area (Å²) in [6.45, 7) is 0. The van der Waals surface area contributed by atoms with Gasteiger partial charge in [0.1, 0.15) is 5.82 Å². The van der Waals surface area contributed by atoms with E-state index in [9.17, 15) is 4.79 Å². The molecule has 1 saturated carbocycles. The molecule has 7 nitrogen and oxygen atoms in total. The fourth-order valence-electron chi connectivity index (χ4n) is 3.19. The van der Waals surface area contributed by atoms with E-state index in [0.717, 1.165) is 12.8 Å². The van der Waals surface area contributed by atoms with Crippen molar-refractivity contribution in [3.63, 3.8) is 0 Å². The van der Waals surface area contributed by atoms with Gasteiger partial charge < -0.3 is 15.5 Å². The number of nitrogens with one attached hydrogen (secondary N) is 1. The van der Waals surface area contributed by atoms with E-state index in [2.05, 4.69) is 31.3 Å². The number of nitrogens with two attached hydrogens (primary N) is 1. The third-order valence-electron chi connectivity index (χ3n) is 4.46. The fraction of sp³-hybridized carbons (Fsp3) is 0.353. The third kappa shape index (κ3) is 3.26. The number of pyridine rings is 1. The first-order valence-corrected chi connectivity index (χ1v) is 9.12. The highest BCUT2D eigenvalue weighted by Crippen LogP contribution is 2.24. The van der Waals surface area contributed by atoms with Gasteiger partial charge in [-0.1, -0.05) is 19.3 Å². The highest BCUT2D eigenvalue weighted by Gasteiger charge is 2.19. The summed E-state index contributed by atoms with van der Waals surface area (Å²) in [6.07, 6.45) is 5.64. The molecule has 0 aliphatic heterocycles. The second kappa shape index (κ2) is 6.51. The van der Waals surface area contributed by atoms with Gasteiger partial charge >= 0.3 is 0 Å². The molecule has 3 aromatic rings. The SMILES string of the molecule is Nc1cc(C(=O)NC2CCCCC2)cc2nc(-c3ccc(Br)o3)nn12. The molecule has 4 rings (SSSR count). The van der Waals surface area contributed by atoms with Gasteiger partial charge in [0, 0.05) is 11.6 Å². The minimum absolute atomic E-state index is 0.119. The standard InChI is InChI=1S/C17H18BrN5O2/c18-13-7-6-12(25-13)16-21-15-9-10(8-14(19)23(15)22-16)17(24)20-11-4-2-1-3-5-11/h6-9,11H,1-5,19H2,(H,20,24). The van der Waals surface area contributed by atoms with Crippen molar-refractivity contribution in [3.8, 4) is 11.6 Å². The first kappa shape index (κ1) is 16.1. The first-order chi connectivity index (χ1) is 12.1. The lowest BCUT2D eigenvalue weighted by atomic mass is 9.95. The van der Waals surface area contributed by atoms with Crippen LogP contribution in [0.4, 0.5) is 5.82 Å². The Labute approximate surface area is 152 Å². The molecule has 0 aromatic carbocycles. The number of aromatic nitrogens is 3. The van der Waals surface area contributed by atoms with E-state index < -0.39 is 0 Å². The summed E-state index contributed by atoms with van der Waals surface area (Å²) < 4.78 is 7.58. The number of carbonyl (C=O) groups excluding carboxylic acids is 1. The Hall–Kier alpha value is -2.35. The lowest BCUT2D eigenvalue weighted by molar-refractivity contribution is 0.0927. The maximum absolute atomic E-state index is 12.5. The highest BCUT2D eigenvalue weighted by atomic mass is 79.9. The molecular weight excluding hydrogens is 386 g/mol. The molecule has 1 amide bonds. The van der Waals surface area contributed by atoms with Crippen molar-refractivity contribution in [1.29, 1.82) is 0 Å². The van der Waals surface area contributed by atoms with Crippen LogP contribution in [0.3, 0.4) is 0 Å². The Morgan fingerprint density at radius 1 is 1.28 bits per heavy atom. The second-order valence-corrected chi connectivity index (χ2v) is 7.07. The Bertz CT molecular complexity index is 926. The van der Waals surface area contributed by atoms with Crippen LogP contribution in [-0.2, 0) is 0 Å². The number of hydrogen-bond donors (Lipinski definition) is 2. The number of nitrogens with zero attached hydrogens (tertiary/aromatic N) is 3. The lowest BCUT2D eigenvalue weighted by Gasteiger charge is -2.22. The van der Waals surface area contributed by atoms with Crippen LogP contribution in [0, 0.1) is 0 Å². The number of hydrogen-bond acceptors (Lipinski definition) is 5. The quantitative estimate of drug-likeness (QED) is 0.697. The largest absolute Gasteiger partial charge is 0.446 e. The lowest BCUT2D eigenvalue weighted by Crippen LogP contribution is -2.36. The van der Waals surface area contributed by atoms with E-state index in [4.69, 9.17) is 10.2 Å². The number of anilines is 1. The summed E-state index contributed by atoms with van der Waals surface area (Å²) in [7, 11) is 0. The summed E-state index contributed by atoms with van der Waals surface area (Å²) >= 11 is 3.26. The molecule has 8 heteroatoms. The monoisotopic (exact) mass is 403 g/mol. The van der Waals surface area contributed by atoms with Crippen molar-refractivity contribution in [2.24, 2.45) is 0 Å². The van der Waals surface area contributed by atoms with Gasteiger partial charge in [-0.2, -0.15) is 4.52 Å². The maximum Gasteiger partial charge on any atom is 0.251 e. The molecule has 1 aliphatic carbocycles. The average molecular weight is 404 g/mol. The summed E-state index contributed by atoms with van der Waals surface area (Å²) in [5.41, 5.74) is 7.07. The Balaban J connectivity index is 1.63. The number of furan rings is 1. The van der Waals surface area contributed by atoms with Crippen molar-refractivity contribution >= 4 is 33.3 Å². The van der Waals surface area contributed by atoms with Gasteiger partial charge in [0.05, 0.1) is 0 Å². The molecule has 130 valence electrons. The molecule has 0 saturated heterocycles. The Morgan fingerprint density at radius 3 is 2.80 bits per heavy atom. The van der Waals surface area contributed by atoms with E-state index in [1.54, 1.807) is 24.3 Å². The van der Waals surface area contributed by atoms with E-state index in [1.807, 2.05) is 0 Å². The molecule has 1 aliphatic rings. The molecular formula is C17H18BrN5O2. The van der Waals surface area contributed by atoms with Gasteiger partial charge in [0.15, 0.2) is 16.1 Å². The summed E-state index contributed by atoms with van der Waals surface area (Å²) in [4.78, 5) is 17.0. The first-order valence-electron chi connectivity index (χ1n) is 8.33. The number of carbonyl (C=O) groups is 1. The van der Waals surface area contributed by atoms with E-state index in [-0.39, 0.29) is 11.9 Å². The van der Waals surface area contributed by atoms with Crippen LogP contribution in [0.2, 0.25) is 0 Å². The van der Waals surface area contributed by atoms with Crippen molar-refractivity contribution in [1.82, 2.24) is 19.9 Å². The zero-order valence-electron chi connectivity index (χ0n) is 13.5. The molecule has 0 unspecified atom stereocenters. The minimum Gasteiger partial charge on any atom is -0.446 e. The Morgan fingerprint density at radius 2 is 2.08 bits per heavy atom. The number of nitrogen functional groups attached to an aromatic ring is 1. The molecule has 0 atom stereocenters. The average Bonchev–Trinajstić information content (AvgIpc) is 3.22. The molecule has 0 bridgehead atoms. The number of rotatable bonds is 3. The summed E-state index contributed by atoms with van der Waals surface area (Å²) in [6, 6.07) is 7.11. The van der Waals surface area contributed by atoms with Crippen molar-refractivity contribution in [2.75, 3.05) is 5.73 Å². The predicted octanol–water partition coefficient (Wildman–Crippen LogP) is 3.40. The van der Waals surface area contributed by atoms with Crippen molar-refractivity contribution < 1.29 is 9.21 Å². The zero-order valence-corrected chi connectivity index (χ0v) is 15.1. The number of halogens is 1. The molecule has 3 aromatic heterocycles. The van der Waals surface area contributed by atoms with Gasteiger partial charge in [-0.15, -0.1) is 5.10 Å². The smallest absolute Gasteiger partial charge is 0.251 e. The van der Waals surface area contributed by atoms with Gasteiger partial charge in [-0.05, 0) is 53.0 Å². The van der Waals surface area contributed by atoms with Crippen molar-refractivity contribution in [2.45, 2.75) is 38.1 Å². The second-order valence-electron chi connectivity index (χ2n) is 6.29. The van der Waals surface area contributed by atoms with Gasteiger partial charge in [0.2, 0.25) is 5.82 Å².